The van der Waals surface area contributed by atoms with E-state index in [4.69, 9.17) is 4.98 Å². The highest BCUT2D eigenvalue weighted by Gasteiger charge is 2.19. The fourth-order valence-electron chi connectivity index (χ4n) is 4.84. The van der Waals surface area contributed by atoms with Crippen molar-refractivity contribution in [3.63, 3.8) is 0 Å². The number of thiazole rings is 1. The van der Waals surface area contributed by atoms with Crippen molar-refractivity contribution in [3.05, 3.63) is 44.9 Å². The number of aromatic nitrogens is 1. The molecule has 0 saturated heterocycles. The van der Waals surface area contributed by atoms with Crippen LogP contribution >= 0.6 is 11.3 Å². The molecule has 192 valence electrons. The Morgan fingerprint density at radius 2 is 1.54 bits per heavy atom. The number of hydrogen-bond donors (Lipinski definition) is 1. The van der Waals surface area contributed by atoms with Crippen LogP contribution in [0.15, 0.2) is 18.2 Å². The molecule has 35 heavy (non-hydrogen) atoms. The number of nitrogens with one attached hydrogen (secondary N) is 1. The third kappa shape index (κ3) is 9.18. The Labute approximate surface area is 216 Å². The summed E-state index contributed by atoms with van der Waals surface area (Å²) in [4.78, 5) is 31.1. The maximum absolute atomic E-state index is 13.1. The number of fused-ring (bicyclic) bond motifs is 1. The zero-order chi connectivity index (χ0) is 24.9. The molecule has 1 aliphatic rings. The summed E-state index contributed by atoms with van der Waals surface area (Å²) in [7, 11) is 0. The molecule has 2 aromatic rings. The molecular formula is C30H44N2O2S. The maximum atomic E-state index is 13.1. The van der Waals surface area contributed by atoms with Crippen LogP contribution in [0.3, 0.4) is 0 Å². The summed E-state index contributed by atoms with van der Waals surface area (Å²) in [5, 5.41) is 3.86. The van der Waals surface area contributed by atoms with Crippen LogP contribution in [-0.4, -0.2) is 16.7 Å². The van der Waals surface area contributed by atoms with Gasteiger partial charge in [0.15, 0.2) is 5.78 Å². The lowest BCUT2D eigenvalue weighted by Gasteiger charge is -2.17. The average molecular weight is 497 g/mol. The zero-order valence-electron chi connectivity index (χ0n) is 21.9. The molecule has 0 bridgehead atoms. The van der Waals surface area contributed by atoms with Crippen LogP contribution in [0.25, 0.3) is 0 Å². The van der Waals surface area contributed by atoms with Gasteiger partial charge in [-0.05, 0) is 55.9 Å². The lowest BCUT2D eigenvalue weighted by molar-refractivity contribution is -0.116. The molecule has 1 aromatic carbocycles. The lowest BCUT2D eigenvalue weighted by Crippen LogP contribution is -2.19. The predicted molar refractivity (Wildman–Crippen MR) is 148 cm³/mol. The van der Waals surface area contributed by atoms with Crippen molar-refractivity contribution in [3.8, 4) is 0 Å². The molecule has 0 atom stereocenters. The summed E-state index contributed by atoms with van der Waals surface area (Å²) < 4.78 is 0. The first-order valence-corrected chi connectivity index (χ1v) is 14.9. The second-order valence-corrected chi connectivity index (χ2v) is 11.2. The van der Waals surface area contributed by atoms with E-state index in [0.717, 1.165) is 34.7 Å². The first-order chi connectivity index (χ1) is 17.1. The molecule has 0 aliphatic carbocycles. The topological polar surface area (TPSA) is 59.1 Å². The largest absolute Gasteiger partial charge is 0.326 e. The fourth-order valence-corrected chi connectivity index (χ4v) is 5.99. The normalized spacial score (nSPS) is 13.0. The standard InChI is InChI=1S/C30H44N2O2S/c1-3-5-7-9-11-13-15-26-28(16-14-12-10-8-6-4-2)35-30(32-26)22-27(33)24-17-19-25-23(21-24)18-20-29(34)31-25/h17,19,21H,3-16,18,20,22H2,1-2H3,(H,31,34). The van der Waals surface area contributed by atoms with E-state index in [1.807, 2.05) is 18.2 Å². The molecule has 0 unspecified atom stereocenters. The molecule has 1 aromatic heterocycles. The fraction of sp³-hybridized carbons (Fsp3) is 0.633. The molecule has 1 amide bonds. The van der Waals surface area contributed by atoms with E-state index >= 15 is 0 Å². The van der Waals surface area contributed by atoms with Gasteiger partial charge in [-0.25, -0.2) is 4.98 Å². The highest BCUT2D eigenvalue weighted by atomic mass is 32.1. The Morgan fingerprint density at radius 3 is 2.26 bits per heavy atom. The van der Waals surface area contributed by atoms with E-state index in [-0.39, 0.29) is 11.7 Å². The van der Waals surface area contributed by atoms with Crippen LogP contribution in [0.1, 0.15) is 129 Å². The third-order valence-electron chi connectivity index (χ3n) is 6.98. The Kier molecular flexibility index (Phi) is 12.0. The van der Waals surface area contributed by atoms with Crippen molar-refractivity contribution in [1.82, 2.24) is 4.98 Å². The summed E-state index contributed by atoms with van der Waals surface area (Å²) in [6.07, 6.45) is 19.2. The lowest BCUT2D eigenvalue weighted by atomic mass is 9.98. The van der Waals surface area contributed by atoms with Gasteiger partial charge in [-0.15, -0.1) is 11.3 Å². The number of carbonyl (C=O) groups excluding carboxylic acids is 2. The quantitative estimate of drug-likeness (QED) is 0.177. The summed E-state index contributed by atoms with van der Waals surface area (Å²) >= 11 is 1.76. The van der Waals surface area contributed by atoms with Gasteiger partial charge < -0.3 is 5.32 Å². The predicted octanol–water partition coefficient (Wildman–Crippen LogP) is 8.26. The molecule has 0 saturated carbocycles. The summed E-state index contributed by atoms with van der Waals surface area (Å²) in [5.41, 5.74) is 3.87. The first-order valence-electron chi connectivity index (χ1n) is 14.0. The number of ketones is 1. The number of Topliss-reactive ketones (excluding diaryl/α,β-unsaturated/α-hetero) is 1. The smallest absolute Gasteiger partial charge is 0.224 e. The minimum Gasteiger partial charge on any atom is -0.326 e. The number of anilines is 1. The third-order valence-corrected chi connectivity index (χ3v) is 8.14. The number of carbonyl (C=O) groups is 2. The second kappa shape index (κ2) is 15.2. The van der Waals surface area contributed by atoms with E-state index in [0.29, 0.717) is 19.3 Å². The summed E-state index contributed by atoms with van der Waals surface area (Å²) in [6, 6.07) is 5.67. The number of amides is 1. The molecule has 1 aliphatic heterocycles. The van der Waals surface area contributed by atoms with Gasteiger partial charge in [0, 0.05) is 22.5 Å². The molecule has 0 radical (unpaired) electrons. The SMILES string of the molecule is CCCCCCCCc1nc(CC(=O)c2ccc3c(c2)CCC(=O)N3)sc1CCCCCCCC. The molecule has 3 rings (SSSR count). The monoisotopic (exact) mass is 496 g/mol. The highest BCUT2D eigenvalue weighted by Crippen LogP contribution is 2.27. The van der Waals surface area contributed by atoms with Crippen LogP contribution in [0.5, 0.6) is 0 Å². The van der Waals surface area contributed by atoms with Gasteiger partial charge in [0.1, 0.15) is 5.01 Å². The van der Waals surface area contributed by atoms with Crippen molar-refractivity contribution in [2.75, 3.05) is 5.32 Å². The van der Waals surface area contributed by atoms with E-state index in [2.05, 4.69) is 19.2 Å². The Bertz CT molecular complexity index is 916. The Balaban J connectivity index is 1.60. The zero-order valence-corrected chi connectivity index (χ0v) is 22.7. The van der Waals surface area contributed by atoms with Gasteiger partial charge in [0.25, 0.3) is 0 Å². The van der Waals surface area contributed by atoms with Gasteiger partial charge in [-0.3, -0.25) is 9.59 Å². The number of benzene rings is 1. The number of nitrogens with zero attached hydrogens (tertiary/aromatic N) is 1. The van der Waals surface area contributed by atoms with E-state index < -0.39 is 0 Å². The van der Waals surface area contributed by atoms with Gasteiger partial charge in [0.05, 0.1) is 12.1 Å². The highest BCUT2D eigenvalue weighted by molar-refractivity contribution is 7.11. The maximum Gasteiger partial charge on any atom is 0.224 e. The minimum absolute atomic E-state index is 0.0511. The number of aryl methyl sites for hydroxylation is 3. The molecule has 0 fully saturated rings. The van der Waals surface area contributed by atoms with Crippen LogP contribution in [0, 0.1) is 0 Å². The van der Waals surface area contributed by atoms with E-state index in [1.54, 1.807) is 11.3 Å². The molecule has 0 spiro atoms. The Morgan fingerprint density at radius 1 is 0.886 bits per heavy atom. The van der Waals surface area contributed by atoms with Crippen LogP contribution in [-0.2, 0) is 30.5 Å². The van der Waals surface area contributed by atoms with Gasteiger partial charge >= 0.3 is 0 Å². The van der Waals surface area contributed by atoms with Crippen molar-refractivity contribution < 1.29 is 9.59 Å². The van der Waals surface area contributed by atoms with Gasteiger partial charge in [0.2, 0.25) is 5.91 Å². The Hall–Kier alpha value is -2.01. The first kappa shape index (κ1) is 27.6. The molecular weight excluding hydrogens is 452 g/mol. The van der Waals surface area contributed by atoms with Crippen LogP contribution in [0.2, 0.25) is 0 Å². The van der Waals surface area contributed by atoms with E-state index in [1.165, 1.54) is 87.6 Å². The number of hydrogen-bond acceptors (Lipinski definition) is 4. The number of rotatable bonds is 17. The summed E-state index contributed by atoms with van der Waals surface area (Å²) in [5.74, 6) is 0.172. The molecule has 1 N–H and O–H groups in total. The van der Waals surface area contributed by atoms with Gasteiger partial charge in [-0.2, -0.15) is 0 Å². The van der Waals surface area contributed by atoms with E-state index in [9.17, 15) is 9.59 Å². The minimum atomic E-state index is 0.0511. The van der Waals surface area contributed by atoms with Crippen molar-refractivity contribution in [2.24, 2.45) is 0 Å². The summed E-state index contributed by atoms with van der Waals surface area (Å²) in [6.45, 7) is 4.52. The van der Waals surface area contributed by atoms with Crippen molar-refractivity contribution in [2.45, 2.75) is 123 Å². The van der Waals surface area contributed by atoms with Crippen molar-refractivity contribution in [1.29, 1.82) is 0 Å². The van der Waals surface area contributed by atoms with Crippen molar-refractivity contribution >= 4 is 28.7 Å². The van der Waals surface area contributed by atoms with Crippen LogP contribution < -0.4 is 5.32 Å². The number of unbranched alkanes of at least 4 members (excludes halogenated alkanes) is 10. The van der Waals surface area contributed by atoms with Gasteiger partial charge in [-0.1, -0.05) is 78.1 Å². The molecule has 2 heterocycles. The average Bonchev–Trinajstić information content (AvgIpc) is 3.24. The molecule has 5 heteroatoms. The second-order valence-electron chi connectivity index (χ2n) is 10.0. The van der Waals surface area contributed by atoms with Crippen LogP contribution in [0.4, 0.5) is 5.69 Å². The molecule has 4 nitrogen and oxygen atoms in total.